The lowest BCUT2D eigenvalue weighted by Gasteiger charge is -2.18. The van der Waals surface area contributed by atoms with Crippen molar-refractivity contribution in [3.05, 3.63) is 69.2 Å². The van der Waals surface area contributed by atoms with Gasteiger partial charge in [0.25, 0.3) is 0 Å². The van der Waals surface area contributed by atoms with E-state index in [-0.39, 0.29) is 24.9 Å². The lowest BCUT2D eigenvalue weighted by Crippen LogP contribution is -2.28. The molecule has 0 radical (unpaired) electrons. The molecule has 0 aliphatic heterocycles. The van der Waals surface area contributed by atoms with Crippen LogP contribution in [0.4, 0.5) is 0 Å². The molecular weight excluding hydrogens is 394 g/mol. The lowest BCUT2D eigenvalue weighted by atomic mass is 10.0. The van der Waals surface area contributed by atoms with Crippen molar-refractivity contribution in [1.82, 2.24) is 5.32 Å². The van der Waals surface area contributed by atoms with Crippen molar-refractivity contribution in [1.29, 1.82) is 0 Å². The first kappa shape index (κ1) is 18.5. The molecule has 0 saturated heterocycles. The number of halogens is 2. The Hall–Kier alpha value is -1.85. The van der Waals surface area contributed by atoms with Crippen LogP contribution in [0.2, 0.25) is 5.02 Å². The highest BCUT2D eigenvalue weighted by atomic mass is 79.9. The Balaban J connectivity index is 2.00. The SMILES string of the molecule is CC(=O)NC(CC(=O)OCc1ccccc1Br)c1ccc(Cl)cc1. The van der Waals surface area contributed by atoms with E-state index in [9.17, 15) is 9.59 Å². The molecule has 0 bridgehead atoms. The van der Waals surface area contributed by atoms with Crippen LogP contribution >= 0.6 is 27.5 Å². The molecule has 4 nitrogen and oxygen atoms in total. The molecule has 1 unspecified atom stereocenters. The zero-order valence-electron chi connectivity index (χ0n) is 13.1. The van der Waals surface area contributed by atoms with E-state index in [1.54, 1.807) is 24.3 Å². The predicted molar refractivity (Wildman–Crippen MR) is 96.6 cm³/mol. The molecule has 1 amide bonds. The van der Waals surface area contributed by atoms with Crippen LogP contribution in [0.25, 0.3) is 0 Å². The summed E-state index contributed by atoms with van der Waals surface area (Å²) in [6.07, 6.45) is 0.0473. The zero-order chi connectivity index (χ0) is 17.5. The highest BCUT2D eigenvalue weighted by Gasteiger charge is 2.18. The van der Waals surface area contributed by atoms with Crippen LogP contribution in [-0.4, -0.2) is 11.9 Å². The van der Waals surface area contributed by atoms with Crippen molar-refractivity contribution >= 4 is 39.4 Å². The molecule has 0 aliphatic carbocycles. The van der Waals surface area contributed by atoms with Crippen LogP contribution in [0.3, 0.4) is 0 Å². The standard InChI is InChI=1S/C18H17BrClNO3/c1-12(22)21-17(13-6-8-15(20)9-7-13)10-18(23)24-11-14-4-2-3-5-16(14)19/h2-9,17H,10-11H2,1H3,(H,21,22). The van der Waals surface area contributed by atoms with E-state index in [1.165, 1.54) is 6.92 Å². The number of hydrogen-bond acceptors (Lipinski definition) is 3. The van der Waals surface area contributed by atoms with Crippen LogP contribution in [0.5, 0.6) is 0 Å². The zero-order valence-corrected chi connectivity index (χ0v) is 15.4. The van der Waals surface area contributed by atoms with Crippen molar-refractivity contribution in [2.45, 2.75) is 26.0 Å². The number of esters is 1. The average molecular weight is 411 g/mol. The van der Waals surface area contributed by atoms with Gasteiger partial charge in [0.1, 0.15) is 6.61 Å². The number of carbonyl (C=O) groups is 2. The molecule has 0 spiro atoms. The molecule has 2 rings (SSSR count). The summed E-state index contributed by atoms with van der Waals surface area (Å²) in [6, 6.07) is 14.1. The highest BCUT2D eigenvalue weighted by Crippen LogP contribution is 2.21. The summed E-state index contributed by atoms with van der Waals surface area (Å²) in [4.78, 5) is 23.5. The van der Waals surface area contributed by atoms with Crippen LogP contribution in [0, 0.1) is 0 Å². The summed E-state index contributed by atoms with van der Waals surface area (Å²) in [5.74, 6) is -0.604. The summed E-state index contributed by atoms with van der Waals surface area (Å²) in [6.45, 7) is 1.59. The van der Waals surface area contributed by atoms with E-state index in [1.807, 2.05) is 24.3 Å². The maximum Gasteiger partial charge on any atom is 0.308 e. The third-order valence-electron chi connectivity index (χ3n) is 3.37. The number of amides is 1. The van der Waals surface area contributed by atoms with Gasteiger partial charge in [-0.15, -0.1) is 0 Å². The summed E-state index contributed by atoms with van der Waals surface area (Å²) in [5, 5.41) is 3.36. The summed E-state index contributed by atoms with van der Waals surface area (Å²) < 4.78 is 6.20. The fourth-order valence-corrected chi connectivity index (χ4v) is 2.72. The third kappa shape index (κ3) is 5.65. The molecule has 6 heteroatoms. The second kappa shape index (κ2) is 8.85. The van der Waals surface area contributed by atoms with Gasteiger partial charge in [-0.25, -0.2) is 0 Å². The summed E-state index contributed by atoms with van der Waals surface area (Å²) in [7, 11) is 0. The molecule has 2 aromatic carbocycles. The lowest BCUT2D eigenvalue weighted by molar-refractivity contribution is -0.145. The fourth-order valence-electron chi connectivity index (χ4n) is 2.19. The molecule has 0 fully saturated rings. The molecule has 1 atom stereocenters. The van der Waals surface area contributed by atoms with E-state index >= 15 is 0 Å². The maximum absolute atomic E-state index is 12.1. The summed E-state index contributed by atoms with van der Waals surface area (Å²) >= 11 is 9.29. The molecule has 0 aliphatic rings. The van der Waals surface area contributed by atoms with E-state index < -0.39 is 6.04 Å². The Labute approximate surface area is 154 Å². The minimum absolute atomic E-state index is 0.0473. The Bertz CT molecular complexity index is 718. The van der Waals surface area contributed by atoms with Crippen molar-refractivity contribution in [2.24, 2.45) is 0 Å². The molecule has 0 saturated carbocycles. The van der Waals surface area contributed by atoms with Crippen LogP contribution < -0.4 is 5.32 Å². The number of benzene rings is 2. The van der Waals surface area contributed by atoms with Gasteiger partial charge in [-0.3, -0.25) is 9.59 Å². The first-order chi connectivity index (χ1) is 11.5. The van der Waals surface area contributed by atoms with Gasteiger partial charge in [-0.1, -0.05) is 57.9 Å². The van der Waals surface area contributed by atoms with Gasteiger partial charge < -0.3 is 10.1 Å². The molecular formula is C18H17BrClNO3. The molecule has 24 heavy (non-hydrogen) atoms. The van der Waals surface area contributed by atoms with E-state index in [4.69, 9.17) is 16.3 Å². The van der Waals surface area contributed by atoms with Gasteiger partial charge in [0.2, 0.25) is 5.91 Å². The first-order valence-corrected chi connectivity index (χ1v) is 8.54. The molecule has 1 N–H and O–H groups in total. The topological polar surface area (TPSA) is 55.4 Å². The minimum Gasteiger partial charge on any atom is -0.461 e. The Morgan fingerprint density at radius 3 is 2.46 bits per heavy atom. The van der Waals surface area contributed by atoms with Gasteiger partial charge in [0, 0.05) is 22.0 Å². The van der Waals surface area contributed by atoms with Crippen molar-refractivity contribution in [3.63, 3.8) is 0 Å². The first-order valence-electron chi connectivity index (χ1n) is 7.37. The van der Waals surface area contributed by atoms with Crippen LogP contribution in [-0.2, 0) is 20.9 Å². The van der Waals surface area contributed by atoms with Gasteiger partial charge in [-0.05, 0) is 23.8 Å². The van der Waals surface area contributed by atoms with E-state index in [0.29, 0.717) is 5.02 Å². The van der Waals surface area contributed by atoms with Crippen molar-refractivity contribution in [3.8, 4) is 0 Å². The van der Waals surface area contributed by atoms with Crippen molar-refractivity contribution < 1.29 is 14.3 Å². The van der Waals surface area contributed by atoms with Gasteiger partial charge in [0.15, 0.2) is 0 Å². The van der Waals surface area contributed by atoms with E-state index in [2.05, 4.69) is 21.2 Å². The van der Waals surface area contributed by atoms with E-state index in [0.717, 1.165) is 15.6 Å². The average Bonchev–Trinajstić information content (AvgIpc) is 2.54. The molecule has 2 aromatic rings. The van der Waals surface area contributed by atoms with Gasteiger partial charge >= 0.3 is 5.97 Å². The quantitative estimate of drug-likeness (QED) is 0.718. The van der Waals surface area contributed by atoms with Crippen LogP contribution in [0.1, 0.15) is 30.5 Å². The smallest absolute Gasteiger partial charge is 0.308 e. The molecule has 0 heterocycles. The van der Waals surface area contributed by atoms with Crippen LogP contribution in [0.15, 0.2) is 53.0 Å². The maximum atomic E-state index is 12.1. The molecule has 126 valence electrons. The number of hydrogen-bond donors (Lipinski definition) is 1. The second-order valence-electron chi connectivity index (χ2n) is 5.26. The summed E-state index contributed by atoms with van der Waals surface area (Å²) in [5.41, 5.74) is 1.68. The third-order valence-corrected chi connectivity index (χ3v) is 4.39. The Kier molecular flexibility index (Phi) is 6.82. The number of ether oxygens (including phenoxy) is 1. The Morgan fingerprint density at radius 1 is 1.17 bits per heavy atom. The second-order valence-corrected chi connectivity index (χ2v) is 6.55. The van der Waals surface area contributed by atoms with Gasteiger partial charge in [-0.2, -0.15) is 0 Å². The number of rotatable bonds is 6. The number of carbonyl (C=O) groups excluding carboxylic acids is 2. The number of nitrogens with one attached hydrogen (secondary N) is 1. The molecule has 0 aromatic heterocycles. The van der Waals surface area contributed by atoms with Crippen molar-refractivity contribution in [2.75, 3.05) is 0 Å². The fraction of sp³-hybridized carbons (Fsp3) is 0.222. The normalized spacial score (nSPS) is 11.6. The predicted octanol–water partition coefficient (Wildman–Crippen LogP) is 4.41. The monoisotopic (exact) mass is 409 g/mol. The Morgan fingerprint density at radius 2 is 1.83 bits per heavy atom. The minimum atomic E-state index is -0.452. The van der Waals surface area contributed by atoms with Gasteiger partial charge in [0.05, 0.1) is 12.5 Å². The largest absolute Gasteiger partial charge is 0.461 e. The highest BCUT2D eigenvalue weighted by molar-refractivity contribution is 9.10.